The Kier molecular flexibility index (Phi) is 28.9. The summed E-state index contributed by atoms with van der Waals surface area (Å²) in [6.45, 7) is 3.86. The second-order valence-electron chi connectivity index (χ2n) is 1.82. The van der Waals surface area contributed by atoms with Gasteiger partial charge in [0.1, 0.15) is 0 Å². The molecule has 0 aromatic rings. The van der Waals surface area contributed by atoms with Crippen molar-refractivity contribution in [1.82, 2.24) is 0 Å². The molecule has 0 rings (SSSR count). The summed E-state index contributed by atoms with van der Waals surface area (Å²) in [5.41, 5.74) is 0. The summed E-state index contributed by atoms with van der Waals surface area (Å²) in [6.07, 6.45) is 0. The number of hydrogen-bond acceptors (Lipinski definition) is 14. The molecule has 0 fully saturated rings. The lowest BCUT2D eigenvalue weighted by Crippen LogP contribution is -2.58. The van der Waals surface area contributed by atoms with E-state index in [0.29, 0.717) is 0 Å². The molecule has 0 aliphatic rings. The van der Waals surface area contributed by atoms with Crippen LogP contribution < -0.4 is 41.9 Å². The van der Waals surface area contributed by atoms with Gasteiger partial charge in [-0.3, -0.25) is 0 Å². The normalized spacial score (nSPS) is 10.3. The standard InChI is InChI=1S/2C2H6O.3ClHO4/c2*1-2-3;3*2-1(3,4)5/h2*3H,2H2,1H3;3*(H,2,3,4,5). The van der Waals surface area contributed by atoms with Gasteiger partial charge in [-0.25, -0.2) is 0 Å². The van der Waals surface area contributed by atoms with Gasteiger partial charge in [-0.05, 0) is 13.8 Å². The van der Waals surface area contributed by atoms with Crippen LogP contribution in [0.1, 0.15) is 13.8 Å². The zero-order valence-corrected chi connectivity index (χ0v) is 12.7. The van der Waals surface area contributed by atoms with Gasteiger partial charge >= 0.3 is 0 Å². The molecule has 0 aromatic carbocycles. The quantitative estimate of drug-likeness (QED) is 0.255. The van der Waals surface area contributed by atoms with Crippen LogP contribution in [0.4, 0.5) is 0 Å². The van der Waals surface area contributed by atoms with Crippen molar-refractivity contribution < 1.29 is 96.9 Å². The van der Waals surface area contributed by atoms with Crippen LogP contribution in [0.25, 0.3) is 0 Å². The van der Waals surface area contributed by atoms with Gasteiger partial charge in [-0.15, -0.1) is 0 Å². The summed E-state index contributed by atoms with van der Waals surface area (Å²) in [7, 11) is -14.1. The Morgan fingerprint density at radius 2 is 0.524 bits per heavy atom. The van der Waals surface area contributed by atoms with Crippen LogP contribution in [0.5, 0.6) is 0 Å². The third-order valence-electron chi connectivity index (χ3n) is 0. The van der Waals surface area contributed by atoms with Crippen molar-refractivity contribution >= 4 is 0 Å². The van der Waals surface area contributed by atoms with Crippen LogP contribution in [0.15, 0.2) is 0 Å². The molecule has 136 valence electrons. The lowest BCUT2D eigenvalue weighted by atomic mass is 10.9. The Morgan fingerprint density at radius 1 is 0.524 bits per heavy atom. The molecule has 5 N–H and O–H groups in total. The van der Waals surface area contributed by atoms with Gasteiger partial charge < -0.3 is 10.2 Å². The molecular formula is C4H15Cl3O14. The predicted octanol–water partition coefficient (Wildman–Crippen LogP) is -12.4. The first-order chi connectivity index (χ1) is 8.83. The number of aliphatic hydroxyl groups is 2. The van der Waals surface area contributed by atoms with Gasteiger partial charge in [0.25, 0.3) is 0 Å². The number of halogens is 3. The van der Waals surface area contributed by atoms with Gasteiger partial charge in [0.15, 0.2) is 0 Å². The Bertz CT molecular complexity index is 122. The monoisotopic (exact) mass is 392 g/mol. The summed E-state index contributed by atoms with van der Waals surface area (Å²) >= 11 is 0. The number of rotatable bonds is 0. The SMILES string of the molecule is CCO.CCO.[O-][Cl+3]([O-])([O-])O.[O-][Cl+3]([O-])([O-])O.[O-][Cl+3]([O-])([O-])O. The molecular weight excluding hydrogens is 378 g/mol. The maximum atomic E-state index is 8.60. The molecule has 0 bridgehead atoms. The molecule has 0 aromatic heterocycles. The highest BCUT2D eigenvalue weighted by atomic mass is 35.7. The topological polar surface area (TPSA) is 309 Å². The maximum absolute atomic E-state index is 8.60. The van der Waals surface area contributed by atoms with Crippen molar-refractivity contribution in [3.05, 3.63) is 0 Å². The molecule has 0 aliphatic heterocycles. The van der Waals surface area contributed by atoms with E-state index in [9.17, 15) is 0 Å². The second-order valence-corrected chi connectivity index (χ2v) is 4.20. The van der Waals surface area contributed by atoms with E-state index in [1.807, 2.05) is 0 Å². The fraction of sp³-hybridized carbons (Fsp3) is 1.00. The summed E-state index contributed by atoms with van der Waals surface area (Å²) < 4.78 is 98.2. The zero-order valence-electron chi connectivity index (χ0n) is 10.5. The van der Waals surface area contributed by atoms with Gasteiger partial charge in [0, 0.05) is 13.2 Å². The molecule has 0 radical (unpaired) electrons. The van der Waals surface area contributed by atoms with Gasteiger partial charge in [0.2, 0.25) is 0 Å². The third-order valence-corrected chi connectivity index (χ3v) is 0. The van der Waals surface area contributed by atoms with E-state index in [-0.39, 0.29) is 13.2 Å². The van der Waals surface area contributed by atoms with E-state index in [2.05, 4.69) is 0 Å². The smallest absolute Gasteiger partial charge is 0.0777 e. The average molecular weight is 394 g/mol. The molecule has 0 saturated heterocycles. The van der Waals surface area contributed by atoms with Crippen LogP contribution in [0, 0.1) is 30.7 Å². The summed E-state index contributed by atoms with van der Waals surface area (Å²) in [6, 6.07) is 0. The highest BCUT2D eigenvalue weighted by molar-refractivity contribution is 3.84. The minimum atomic E-state index is -4.69. The van der Waals surface area contributed by atoms with E-state index in [4.69, 9.17) is 66.1 Å². The molecule has 0 amide bonds. The van der Waals surface area contributed by atoms with Crippen molar-refractivity contribution in [3.8, 4) is 0 Å². The fourth-order valence-electron chi connectivity index (χ4n) is 0. The first-order valence-electron chi connectivity index (χ1n) is 3.94. The first-order valence-corrected chi connectivity index (χ1v) is 7.73. The highest BCUT2D eigenvalue weighted by Crippen LogP contribution is 1.61. The first kappa shape index (κ1) is 33.0. The van der Waals surface area contributed by atoms with Crippen molar-refractivity contribution in [2.24, 2.45) is 0 Å². The number of hydrogen-bond donors (Lipinski definition) is 5. The second kappa shape index (κ2) is 18.4. The highest BCUT2D eigenvalue weighted by Gasteiger charge is 1.99. The average Bonchev–Trinajstić information content (AvgIpc) is 1.93. The molecule has 0 aliphatic carbocycles. The third kappa shape index (κ3) is 70900. The Labute approximate surface area is 124 Å². The molecule has 0 saturated carbocycles. The Morgan fingerprint density at radius 3 is 0.524 bits per heavy atom. The van der Waals surface area contributed by atoms with Crippen LogP contribution in [0.2, 0.25) is 0 Å². The summed E-state index contributed by atoms with van der Waals surface area (Å²) in [5, 5.41) is 15.1. The molecule has 17 heteroatoms. The molecule has 0 unspecified atom stereocenters. The fourth-order valence-corrected chi connectivity index (χ4v) is 0. The van der Waals surface area contributed by atoms with Crippen LogP contribution >= 0.6 is 0 Å². The maximum Gasteiger partial charge on any atom is 0.0777 e. The van der Waals surface area contributed by atoms with Crippen molar-refractivity contribution in [1.29, 1.82) is 0 Å². The van der Waals surface area contributed by atoms with Gasteiger partial charge in [-0.1, -0.05) is 0 Å². The summed E-state index contributed by atoms with van der Waals surface area (Å²) in [4.78, 5) is 0. The van der Waals surface area contributed by atoms with Crippen LogP contribution in [0.3, 0.4) is 0 Å². The van der Waals surface area contributed by atoms with Crippen molar-refractivity contribution in [2.45, 2.75) is 13.8 Å². The van der Waals surface area contributed by atoms with Gasteiger partial charge in [0.05, 0.1) is 44.7 Å². The molecule has 0 atom stereocenters. The van der Waals surface area contributed by atoms with E-state index >= 15 is 0 Å². The lowest BCUT2D eigenvalue weighted by Gasteiger charge is -2.03. The molecule has 21 heavy (non-hydrogen) atoms. The van der Waals surface area contributed by atoms with Crippen molar-refractivity contribution in [2.75, 3.05) is 13.2 Å². The van der Waals surface area contributed by atoms with E-state index in [0.717, 1.165) is 0 Å². The minimum Gasteiger partial charge on any atom is -0.397 e. The van der Waals surface area contributed by atoms with Crippen LogP contribution in [-0.2, 0) is 0 Å². The van der Waals surface area contributed by atoms with Gasteiger partial charge in [-0.2, -0.15) is 41.9 Å². The molecule has 14 nitrogen and oxygen atoms in total. The Hall–Kier alpha value is 0.310. The summed E-state index contributed by atoms with van der Waals surface area (Å²) in [5.74, 6) is 0. The van der Waals surface area contributed by atoms with E-state index < -0.39 is 30.7 Å². The largest absolute Gasteiger partial charge is 0.397 e. The minimum absolute atomic E-state index is 0.250. The van der Waals surface area contributed by atoms with E-state index in [1.54, 1.807) is 13.8 Å². The zero-order chi connectivity index (χ0) is 18.9. The van der Waals surface area contributed by atoms with E-state index in [1.165, 1.54) is 0 Å². The number of aliphatic hydroxyl groups excluding tert-OH is 2. The lowest BCUT2D eigenvalue weighted by molar-refractivity contribution is -1.92. The predicted molar refractivity (Wildman–Crippen MR) is 32.2 cm³/mol. The van der Waals surface area contributed by atoms with Crippen molar-refractivity contribution in [3.63, 3.8) is 0 Å². The Balaban J connectivity index is -0.0000000519. The molecule has 0 spiro atoms. The molecule has 0 heterocycles. The van der Waals surface area contributed by atoms with Crippen LogP contribution in [-0.4, -0.2) is 37.4 Å².